The van der Waals surface area contributed by atoms with Gasteiger partial charge in [-0.25, -0.2) is 4.39 Å². The first-order chi connectivity index (χ1) is 8.17. The maximum atomic E-state index is 13.2. The topological polar surface area (TPSA) is 52.3 Å². The van der Waals surface area contributed by atoms with Crippen LogP contribution in [0.25, 0.3) is 0 Å². The second-order valence-corrected chi connectivity index (χ2v) is 5.34. The Morgan fingerprint density at radius 1 is 1.47 bits per heavy atom. The van der Waals surface area contributed by atoms with E-state index in [1.165, 1.54) is 6.07 Å². The van der Waals surface area contributed by atoms with Gasteiger partial charge < -0.3 is 10.5 Å². The van der Waals surface area contributed by atoms with E-state index in [2.05, 4.69) is 0 Å². The fourth-order valence-corrected chi connectivity index (χ4v) is 2.63. The van der Waals surface area contributed by atoms with Crippen LogP contribution in [-0.4, -0.2) is 23.7 Å². The van der Waals surface area contributed by atoms with Crippen molar-refractivity contribution in [3.63, 3.8) is 0 Å². The second-order valence-electron chi connectivity index (χ2n) is 3.76. The minimum atomic E-state index is -0.933. The first-order valence-electron chi connectivity index (χ1n) is 5.48. The summed E-state index contributed by atoms with van der Waals surface area (Å²) in [6, 6.07) is 4.72. The molecule has 2 N–H and O–H groups in total. The van der Waals surface area contributed by atoms with Gasteiger partial charge in [0.25, 0.3) is 0 Å². The molecular formula is C12H18FNO2S. The average molecular weight is 259 g/mol. The summed E-state index contributed by atoms with van der Waals surface area (Å²) in [5.74, 6) is 0.738. The van der Waals surface area contributed by atoms with Crippen molar-refractivity contribution in [2.45, 2.75) is 18.7 Å². The molecule has 0 aliphatic rings. The number of hydrogen-bond acceptors (Lipinski definition) is 3. The zero-order valence-electron chi connectivity index (χ0n) is 9.95. The average Bonchev–Trinajstić information content (AvgIpc) is 2.32. The first kappa shape index (κ1) is 14.3. The largest absolute Gasteiger partial charge is 0.385 e. The molecule has 0 radical (unpaired) electrons. The molecule has 0 aliphatic heterocycles. The molecule has 0 saturated heterocycles. The Morgan fingerprint density at radius 2 is 2.24 bits per heavy atom. The number of halogens is 1. The second kappa shape index (κ2) is 7.53. The summed E-state index contributed by atoms with van der Waals surface area (Å²) in [7, 11) is 0.689. The van der Waals surface area contributed by atoms with E-state index in [1.807, 2.05) is 0 Å². The van der Waals surface area contributed by atoms with E-state index >= 15 is 0 Å². The molecule has 17 heavy (non-hydrogen) atoms. The van der Waals surface area contributed by atoms with Crippen molar-refractivity contribution in [1.29, 1.82) is 0 Å². The lowest BCUT2D eigenvalue weighted by Crippen LogP contribution is -2.06. The molecule has 0 fully saturated rings. The summed E-state index contributed by atoms with van der Waals surface area (Å²) in [6.07, 6.45) is 0.772. The molecule has 0 aromatic heterocycles. The lowest BCUT2D eigenvalue weighted by Gasteiger charge is -2.05. The Balaban J connectivity index is 2.53. The van der Waals surface area contributed by atoms with Crippen molar-refractivity contribution < 1.29 is 13.3 Å². The Labute approximate surface area is 104 Å². The molecule has 1 rings (SSSR count). The predicted molar refractivity (Wildman–Crippen MR) is 67.5 cm³/mol. The van der Waals surface area contributed by atoms with Crippen LogP contribution in [-0.2, 0) is 27.8 Å². The van der Waals surface area contributed by atoms with Crippen LogP contribution >= 0.6 is 0 Å². The van der Waals surface area contributed by atoms with Gasteiger partial charge in [-0.15, -0.1) is 0 Å². The molecule has 1 unspecified atom stereocenters. The van der Waals surface area contributed by atoms with E-state index in [0.717, 1.165) is 12.0 Å². The normalized spacial score (nSPS) is 12.6. The highest BCUT2D eigenvalue weighted by molar-refractivity contribution is 7.84. The molecule has 1 aromatic rings. The van der Waals surface area contributed by atoms with E-state index in [4.69, 9.17) is 10.5 Å². The Hall–Kier alpha value is -0.780. The minimum absolute atomic E-state index is 0.163. The summed E-state index contributed by atoms with van der Waals surface area (Å²) in [6.45, 7) is 0.777. The molecular weight excluding hydrogens is 241 g/mol. The first-order valence-corrected chi connectivity index (χ1v) is 6.97. The summed E-state index contributed by atoms with van der Waals surface area (Å²) < 4.78 is 29.8. The maximum Gasteiger partial charge on any atom is 0.127 e. The highest BCUT2D eigenvalue weighted by Crippen LogP contribution is 2.12. The van der Waals surface area contributed by atoms with Crippen LogP contribution in [0, 0.1) is 5.82 Å². The van der Waals surface area contributed by atoms with Gasteiger partial charge in [0.15, 0.2) is 0 Å². The third kappa shape index (κ3) is 4.93. The van der Waals surface area contributed by atoms with E-state index in [0.29, 0.717) is 23.7 Å². The van der Waals surface area contributed by atoms with Crippen molar-refractivity contribution in [2.24, 2.45) is 5.73 Å². The van der Waals surface area contributed by atoms with Gasteiger partial charge in [0.2, 0.25) is 0 Å². The van der Waals surface area contributed by atoms with Gasteiger partial charge in [0, 0.05) is 48.1 Å². The van der Waals surface area contributed by atoms with E-state index in [-0.39, 0.29) is 12.4 Å². The van der Waals surface area contributed by atoms with Crippen LogP contribution in [0.5, 0.6) is 0 Å². The van der Waals surface area contributed by atoms with Gasteiger partial charge in [-0.05, 0) is 18.1 Å². The van der Waals surface area contributed by atoms with Crippen molar-refractivity contribution in [2.75, 3.05) is 19.5 Å². The SMILES string of the molecule is COCCCS(=O)Cc1ccc(F)c(CN)c1. The molecule has 1 atom stereocenters. The molecule has 0 spiro atoms. The van der Waals surface area contributed by atoms with E-state index < -0.39 is 10.8 Å². The van der Waals surface area contributed by atoms with Gasteiger partial charge in [-0.2, -0.15) is 0 Å². The van der Waals surface area contributed by atoms with Crippen LogP contribution in [0.4, 0.5) is 4.39 Å². The Kier molecular flexibility index (Phi) is 6.32. The number of benzene rings is 1. The number of ether oxygens (including phenoxy) is 1. The zero-order chi connectivity index (χ0) is 12.7. The highest BCUT2D eigenvalue weighted by atomic mass is 32.2. The maximum absolute atomic E-state index is 13.2. The quantitative estimate of drug-likeness (QED) is 0.756. The number of methoxy groups -OCH3 is 1. The van der Waals surface area contributed by atoms with Gasteiger partial charge in [0.05, 0.1) is 0 Å². The molecule has 0 amide bonds. The standard InChI is InChI=1S/C12H18FNO2S/c1-16-5-2-6-17(15)9-10-3-4-12(13)11(7-10)8-14/h3-4,7H,2,5-6,8-9,14H2,1H3. The number of rotatable bonds is 7. The van der Waals surface area contributed by atoms with Gasteiger partial charge >= 0.3 is 0 Å². The van der Waals surface area contributed by atoms with Crippen LogP contribution < -0.4 is 5.73 Å². The van der Waals surface area contributed by atoms with E-state index in [1.54, 1.807) is 19.2 Å². The van der Waals surface area contributed by atoms with Crippen LogP contribution in [0.2, 0.25) is 0 Å². The third-order valence-corrected chi connectivity index (χ3v) is 3.78. The Morgan fingerprint density at radius 3 is 2.88 bits per heavy atom. The van der Waals surface area contributed by atoms with Crippen LogP contribution in [0.15, 0.2) is 18.2 Å². The molecule has 0 aliphatic carbocycles. The van der Waals surface area contributed by atoms with Gasteiger partial charge in [-0.3, -0.25) is 4.21 Å². The number of hydrogen-bond donors (Lipinski definition) is 1. The summed E-state index contributed by atoms with van der Waals surface area (Å²) in [5.41, 5.74) is 6.75. The van der Waals surface area contributed by atoms with Gasteiger partial charge in [-0.1, -0.05) is 12.1 Å². The monoisotopic (exact) mass is 259 g/mol. The van der Waals surface area contributed by atoms with Crippen molar-refractivity contribution >= 4 is 10.8 Å². The predicted octanol–water partition coefficient (Wildman–Crippen LogP) is 1.57. The fourth-order valence-electron chi connectivity index (χ4n) is 1.50. The Bertz CT molecular complexity index is 385. The molecule has 1 aromatic carbocycles. The number of nitrogens with two attached hydrogens (primary N) is 1. The third-order valence-electron chi connectivity index (χ3n) is 2.38. The molecule has 0 heterocycles. The molecule has 5 heteroatoms. The fraction of sp³-hybridized carbons (Fsp3) is 0.500. The van der Waals surface area contributed by atoms with E-state index in [9.17, 15) is 8.60 Å². The zero-order valence-corrected chi connectivity index (χ0v) is 10.8. The summed E-state index contributed by atoms with van der Waals surface area (Å²) >= 11 is 0. The lowest BCUT2D eigenvalue weighted by atomic mass is 10.1. The van der Waals surface area contributed by atoms with Crippen molar-refractivity contribution in [3.8, 4) is 0 Å². The van der Waals surface area contributed by atoms with Crippen LogP contribution in [0.3, 0.4) is 0 Å². The molecule has 0 saturated carbocycles. The van der Waals surface area contributed by atoms with Crippen molar-refractivity contribution in [1.82, 2.24) is 0 Å². The molecule has 96 valence electrons. The minimum Gasteiger partial charge on any atom is -0.385 e. The van der Waals surface area contributed by atoms with Gasteiger partial charge in [0.1, 0.15) is 5.82 Å². The highest BCUT2D eigenvalue weighted by Gasteiger charge is 2.05. The summed E-state index contributed by atoms with van der Waals surface area (Å²) in [5, 5.41) is 0. The molecule has 3 nitrogen and oxygen atoms in total. The van der Waals surface area contributed by atoms with Crippen LogP contribution in [0.1, 0.15) is 17.5 Å². The smallest absolute Gasteiger partial charge is 0.127 e. The lowest BCUT2D eigenvalue weighted by molar-refractivity contribution is 0.200. The van der Waals surface area contributed by atoms with Crippen molar-refractivity contribution in [3.05, 3.63) is 35.1 Å². The summed E-state index contributed by atoms with van der Waals surface area (Å²) in [4.78, 5) is 0. The molecule has 0 bridgehead atoms.